The molecular formula is C22H22N2O4S. The van der Waals surface area contributed by atoms with Crippen LogP contribution in [0.5, 0.6) is 11.5 Å². The van der Waals surface area contributed by atoms with Crippen LogP contribution in [0, 0.1) is 0 Å². The summed E-state index contributed by atoms with van der Waals surface area (Å²) in [6, 6.07) is 11.5. The number of hydrogen-bond acceptors (Lipinski definition) is 6. The van der Waals surface area contributed by atoms with Gasteiger partial charge in [0.25, 0.3) is 5.91 Å². The number of aryl methyl sites for hydroxylation is 1. The minimum atomic E-state index is -0.101. The van der Waals surface area contributed by atoms with Gasteiger partial charge in [0.15, 0.2) is 16.6 Å². The lowest BCUT2D eigenvalue weighted by molar-refractivity contribution is 0.0917. The van der Waals surface area contributed by atoms with Crippen LogP contribution in [0.25, 0.3) is 10.2 Å². The van der Waals surface area contributed by atoms with Crippen LogP contribution in [-0.2, 0) is 11.2 Å². The van der Waals surface area contributed by atoms with E-state index in [0.29, 0.717) is 28.7 Å². The molecule has 0 bridgehead atoms. The fraction of sp³-hybridized carbons (Fsp3) is 0.364. The van der Waals surface area contributed by atoms with Crippen molar-refractivity contribution in [3.05, 3.63) is 47.5 Å². The van der Waals surface area contributed by atoms with Gasteiger partial charge in [0.1, 0.15) is 0 Å². The zero-order chi connectivity index (χ0) is 19.8. The molecule has 2 aromatic carbocycles. The molecule has 0 aliphatic carbocycles. The van der Waals surface area contributed by atoms with Gasteiger partial charge in [-0.1, -0.05) is 30.4 Å². The summed E-state index contributed by atoms with van der Waals surface area (Å²) in [4.78, 5) is 20.1. The molecule has 0 radical (unpaired) electrons. The van der Waals surface area contributed by atoms with Gasteiger partial charge < -0.3 is 14.2 Å². The lowest BCUT2D eigenvalue weighted by Crippen LogP contribution is -2.37. The highest BCUT2D eigenvalue weighted by Crippen LogP contribution is 2.35. The van der Waals surface area contributed by atoms with Crippen LogP contribution >= 0.6 is 11.3 Å². The van der Waals surface area contributed by atoms with E-state index < -0.39 is 0 Å². The summed E-state index contributed by atoms with van der Waals surface area (Å²) in [6.07, 6.45) is 2.92. The molecule has 3 heterocycles. The number of nitrogens with zero attached hydrogens (tertiary/aromatic N) is 2. The molecule has 2 aliphatic heterocycles. The number of anilines is 1. The molecule has 2 aliphatic rings. The topological polar surface area (TPSA) is 60.9 Å². The van der Waals surface area contributed by atoms with Crippen LogP contribution in [0.3, 0.4) is 0 Å². The molecule has 3 aromatic rings. The average molecular weight is 410 g/mol. The van der Waals surface area contributed by atoms with Gasteiger partial charge in [0, 0.05) is 12.2 Å². The van der Waals surface area contributed by atoms with Crippen molar-refractivity contribution in [2.24, 2.45) is 0 Å². The number of ether oxygens (including phenoxy) is 3. The number of carbonyl (C=O) groups is 1. The van der Waals surface area contributed by atoms with Gasteiger partial charge >= 0.3 is 0 Å². The number of para-hydroxylation sites is 1. The maximum Gasteiger partial charge on any atom is 0.260 e. The Morgan fingerprint density at radius 3 is 2.97 bits per heavy atom. The van der Waals surface area contributed by atoms with Crippen LogP contribution in [0.1, 0.15) is 35.7 Å². The summed E-state index contributed by atoms with van der Waals surface area (Å²) in [7, 11) is 0. The Hall–Kier alpha value is -2.64. The Morgan fingerprint density at radius 2 is 2.14 bits per heavy atom. The molecule has 1 aromatic heterocycles. The Bertz CT molecular complexity index is 1060. The van der Waals surface area contributed by atoms with E-state index in [1.54, 1.807) is 34.4 Å². The van der Waals surface area contributed by atoms with Crippen molar-refractivity contribution in [2.75, 3.05) is 24.8 Å². The largest absolute Gasteiger partial charge is 0.454 e. The second-order valence-electron chi connectivity index (χ2n) is 7.23. The van der Waals surface area contributed by atoms with Crippen molar-refractivity contribution in [3.63, 3.8) is 0 Å². The molecule has 7 heteroatoms. The molecule has 1 amide bonds. The summed E-state index contributed by atoms with van der Waals surface area (Å²) in [5, 5.41) is 0.707. The molecule has 6 nitrogen and oxygen atoms in total. The van der Waals surface area contributed by atoms with Crippen molar-refractivity contribution >= 4 is 32.6 Å². The van der Waals surface area contributed by atoms with E-state index in [1.165, 1.54) is 5.56 Å². The lowest BCUT2D eigenvalue weighted by Gasteiger charge is -2.23. The smallest absolute Gasteiger partial charge is 0.260 e. The fourth-order valence-electron chi connectivity index (χ4n) is 3.82. The normalized spacial score (nSPS) is 17.8. The number of carbonyl (C=O) groups excluding carboxylic acids is 1. The van der Waals surface area contributed by atoms with Crippen molar-refractivity contribution in [1.82, 2.24) is 4.98 Å². The van der Waals surface area contributed by atoms with Crippen LogP contribution in [0.2, 0.25) is 0 Å². The number of rotatable bonds is 5. The van der Waals surface area contributed by atoms with Crippen LogP contribution in [0.4, 0.5) is 5.13 Å². The fourth-order valence-corrected chi connectivity index (χ4v) is 4.84. The standard InChI is InChI=1S/C22H22N2O4S/c1-2-14-5-3-7-19-20(14)23-22(29-19)24(12-16-6-4-10-26-16)21(25)15-8-9-17-18(11-15)28-13-27-17/h3,5,7-9,11,16H,2,4,6,10,12-13H2,1H3. The Balaban J connectivity index is 1.53. The third-order valence-corrected chi connectivity index (χ3v) is 6.42. The molecule has 0 N–H and O–H groups in total. The van der Waals surface area contributed by atoms with Gasteiger partial charge in [0.2, 0.25) is 6.79 Å². The average Bonchev–Trinajstić information content (AvgIpc) is 3.50. The third-order valence-electron chi connectivity index (χ3n) is 5.38. The first-order chi connectivity index (χ1) is 14.2. The van der Waals surface area contributed by atoms with Crippen LogP contribution in [-0.4, -0.2) is 36.9 Å². The van der Waals surface area contributed by atoms with E-state index in [1.807, 2.05) is 6.07 Å². The van der Waals surface area contributed by atoms with E-state index in [-0.39, 0.29) is 18.8 Å². The molecule has 29 heavy (non-hydrogen) atoms. The summed E-state index contributed by atoms with van der Waals surface area (Å²) >= 11 is 1.55. The van der Waals surface area contributed by atoms with Crippen LogP contribution in [0.15, 0.2) is 36.4 Å². The van der Waals surface area contributed by atoms with Crippen molar-refractivity contribution in [3.8, 4) is 11.5 Å². The minimum Gasteiger partial charge on any atom is -0.454 e. The number of fused-ring (bicyclic) bond motifs is 2. The van der Waals surface area contributed by atoms with Crippen molar-refractivity contribution in [2.45, 2.75) is 32.3 Å². The van der Waals surface area contributed by atoms with Gasteiger partial charge in [-0.2, -0.15) is 0 Å². The highest BCUT2D eigenvalue weighted by atomic mass is 32.1. The van der Waals surface area contributed by atoms with Gasteiger partial charge in [0.05, 0.1) is 22.9 Å². The maximum atomic E-state index is 13.5. The van der Waals surface area contributed by atoms with E-state index in [9.17, 15) is 4.79 Å². The molecular weight excluding hydrogens is 388 g/mol. The molecule has 0 spiro atoms. The molecule has 1 saturated heterocycles. The summed E-state index contributed by atoms with van der Waals surface area (Å²) in [6.45, 7) is 3.55. The highest BCUT2D eigenvalue weighted by Gasteiger charge is 2.28. The summed E-state index contributed by atoms with van der Waals surface area (Å²) in [5.41, 5.74) is 2.73. The van der Waals surface area contributed by atoms with Crippen molar-refractivity contribution in [1.29, 1.82) is 0 Å². The lowest BCUT2D eigenvalue weighted by atomic mass is 10.1. The quantitative estimate of drug-likeness (QED) is 0.623. The highest BCUT2D eigenvalue weighted by molar-refractivity contribution is 7.22. The molecule has 0 saturated carbocycles. The van der Waals surface area contributed by atoms with E-state index >= 15 is 0 Å². The minimum absolute atomic E-state index is 0.0330. The summed E-state index contributed by atoms with van der Waals surface area (Å²) < 4.78 is 17.7. The summed E-state index contributed by atoms with van der Waals surface area (Å²) in [5.74, 6) is 1.17. The van der Waals surface area contributed by atoms with Gasteiger partial charge in [-0.3, -0.25) is 9.69 Å². The number of hydrogen-bond donors (Lipinski definition) is 0. The van der Waals surface area contributed by atoms with Gasteiger partial charge in [-0.15, -0.1) is 0 Å². The second kappa shape index (κ2) is 7.65. The Labute approximate surface area is 173 Å². The molecule has 150 valence electrons. The number of benzene rings is 2. The zero-order valence-electron chi connectivity index (χ0n) is 16.2. The first-order valence-corrected chi connectivity index (χ1v) is 10.8. The number of amides is 1. The molecule has 1 fully saturated rings. The maximum absolute atomic E-state index is 13.5. The predicted octanol–water partition coefficient (Wildman–Crippen LogP) is 4.41. The van der Waals surface area contributed by atoms with Crippen molar-refractivity contribution < 1.29 is 19.0 Å². The monoisotopic (exact) mass is 410 g/mol. The zero-order valence-corrected chi connectivity index (χ0v) is 17.0. The molecule has 1 unspecified atom stereocenters. The predicted molar refractivity (Wildman–Crippen MR) is 112 cm³/mol. The van der Waals surface area contributed by atoms with E-state index in [2.05, 4.69) is 19.1 Å². The third kappa shape index (κ3) is 3.45. The van der Waals surface area contributed by atoms with Gasteiger partial charge in [-0.05, 0) is 49.1 Å². The number of thiazole rings is 1. The number of aromatic nitrogens is 1. The first-order valence-electron chi connectivity index (χ1n) is 9.94. The first kappa shape index (κ1) is 18.4. The van der Waals surface area contributed by atoms with E-state index in [0.717, 1.165) is 36.1 Å². The SMILES string of the molecule is CCc1cccc2sc(N(CC3CCCO3)C(=O)c3ccc4c(c3)OCO4)nc12. The molecule has 1 atom stereocenters. The Kier molecular flexibility index (Phi) is 4.85. The second-order valence-corrected chi connectivity index (χ2v) is 8.24. The Morgan fingerprint density at radius 1 is 1.24 bits per heavy atom. The molecule has 5 rings (SSSR count). The van der Waals surface area contributed by atoms with Gasteiger partial charge in [-0.25, -0.2) is 4.98 Å². The van der Waals surface area contributed by atoms with Crippen LogP contribution < -0.4 is 14.4 Å². The van der Waals surface area contributed by atoms with E-state index in [4.69, 9.17) is 19.2 Å².